The standard InChI is InChI=1S/C14H20N2O3/c1-15-12-7-8-16(9-13(12)17)14(18)19-10-11-5-3-2-4-6-11/h2-6,12-13,15,17H,7-10H2,1H3/t12-,13+/m0/s1. The number of rotatable bonds is 3. The van der Waals surface area contributed by atoms with E-state index in [2.05, 4.69) is 5.32 Å². The number of nitrogens with zero attached hydrogens (tertiary/aromatic N) is 1. The highest BCUT2D eigenvalue weighted by Gasteiger charge is 2.29. The number of likely N-dealkylation sites (tertiary alicyclic amines) is 1. The third-order valence-corrected chi connectivity index (χ3v) is 3.42. The number of aliphatic hydroxyl groups is 1. The maximum absolute atomic E-state index is 11.9. The van der Waals surface area contributed by atoms with Gasteiger partial charge in [0, 0.05) is 12.6 Å². The molecule has 104 valence electrons. The number of ether oxygens (including phenoxy) is 1. The Labute approximate surface area is 113 Å². The maximum atomic E-state index is 11.9. The Balaban J connectivity index is 1.81. The van der Waals surface area contributed by atoms with E-state index in [1.54, 1.807) is 4.90 Å². The van der Waals surface area contributed by atoms with Crippen LogP contribution in [0.1, 0.15) is 12.0 Å². The zero-order chi connectivity index (χ0) is 13.7. The van der Waals surface area contributed by atoms with E-state index >= 15 is 0 Å². The second-order valence-corrected chi connectivity index (χ2v) is 4.74. The molecule has 1 fully saturated rings. The van der Waals surface area contributed by atoms with Gasteiger partial charge in [-0.15, -0.1) is 0 Å². The third-order valence-electron chi connectivity index (χ3n) is 3.42. The number of carbonyl (C=O) groups is 1. The Morgan fingerprint density at radius 3 is 2.84 bits per heavy atom. The van der Waals surface area contributed by atoms with Crippen LogP contribution in [0.3, 0.4) is 0 Å². The Morgan fingerprint density at radius 1 is 1.47 bits per heavy atom. The van der Waals surface area contributed by atoms with E-state index in [-0.39, 0.29) is 18.7 Å². The fourth-order valence-electron chi connectivity index (χ4n) is 2.24. The molecule has 0 spiro atoms. The first-order valence-electron chi connectivity index (χ1n) is 6.51. The number of nitrogens with one attached hydrogen (secondary N) is 1. The minimum atomic E-state index is -0.539. The quantitative estimate of drug-likeness (QED) is 0.854. The van der Waals surface area contributed by atoms with Gasteiger partial charge in [0.1, 0.15) is 6.61 Å². The lowest BCUT2D eigenvalue weighted by atomic mass is 10.0. The molecule has 0 radical (unpaired) electrons. The second-order valence-electron chi connectivity index (χ2n) is 4.74. The maximum Gasteiger partial charge on any atom is 0.410 e. The largest absolute Gasteiger partial charge is 0.445 e. The molecular weight excluding hydrogens is 244 g/mol. The Hall–Kier alpha value is -1.59. The summed E-state index contributed by atoms with van der Waals surface area (Å²) in [6.45, 7) is 1.19. The first-order chi connectivity index (χ1) is 9.20. The summed E-state index contributed by atoms with van der Waals surface area (Å²) in [6, 6.07) is 9.61. The molecule has 5 nitrogen and oxygen atoms in total. The number of hydrogen-bond acceptors (Lipinski definition) is 4. The molecule has 1 aliphatic heterocycles. The van der Waals surface area contributed by atoms with Crippen molar-refractivity contribution in [2.75, 3.05) is 20.1 Å². The summed E-state index contributed by atoms with van der Waals surface area (Å²) >= 11 is 0. The highest BCUT2D eigenvalue weighted by molar-refractivity contribution is 5.67. The number of hydrogen-bond donors (Lipinski definition) is 2. The van der Waals surface area contributed by atoms with Crippen molar-refractivity contribution in [2.45, 2.75) is 25.2 Å². The van der Waals surface area contributed by atoms with E-state index in [1.807, 2.05) is 37.4 Å². The van der Waals surface area contributed by atoms with Gasteiger partial charge >= 0.3 is 6.09 Å². The first kappa shape index (κ1) is 13.8. The van der Waals surface area contributed by atoms with E-state index < -0.39 is 6.10 Å². The molecule has 5 heteroatoms. The van der Waals surface area contributed by atoms with Crippen molar-refractivity contribution in [3.63, 3.8) is 0 Å². The molecule has 0 bridgehead atoms. The molecule has 0 aromatic heterocycles. The predicted molar refractivity (Wildman–Crippen MR) is 71.7 cm³/mol. The van der Waals surface area contributed by atoms with Crippen molar-refractivity contribution in [2.24, 2.45) is 0 Å². The van der Waals surface area contributed by atoms with Crippen LogP contribution in [-0.4, -0.2) is 48.4 Å². The van der Waals surface area contributed by atoms with Crippen molar-refractivity contribution in [1.29, 1.82) is 0 Å². The highest BCUT2D eigenvalue weighted by atomic mass is 16.6. The third kappa shape index (κ3) is 3.68. The minimum Gasteiger partial charge on any atom is -0.445 e. The van der Waals surface area contributed by atoms with Crippen LogP contribution in [0.5, 0.6) is 0 Å². The van der Waals surface area contributed by atoms with Crippen LogP contribution in [0.15, 0.2) is 30.3 Å². The fraction of sp³-hybridized carbons (Fsp3) is 0.500. The van der Waals surface area contributed by atoms with Crippen LogP contribution in [-0.2, 0) is 11.3 Å². The molecule has 1 saturated heterocycles. The first-order valence-corrected chi connectivity index (χ1v) is 6.51. The normalized spacial score (nSPS) is 23.2. The number of piperidine rings is 1. The number of β-amino-alcohol motifs (C(OH)–C–C–N with tert-alkyl or cyclic N) is 1. The van der Waals surface area contributed by atoms with Gasteiger partial charge in [-0.25, -0.2) is 4.79 Å². The number of likely N-dealkylation sites (N-methyl/N-ethyl adjacent to an activating group) is 1. The molecule has 19 heavy (non-hydrogen) atoms. The second kappa shape index (κ2) is 6.54. The van der Waals surface area contributed by atoms with E-state index in [0.29, 0.717) is 13.1 Å². The van der Waals surface area contributed by atoms with Crippen molar-refractivity contribution < 1.29 is 14.6 Å². The van der Waals surface area contributed by atoms with Crippen molar-refractivity contribution in [3.05, 3.63) is 35.9 Å². The number of amides is 1. The van der Waals surface area contributed by atoms with Crippen molar-refractivity contribution in [3.8, 4) is 0 Å². The van der Waals surface area contributed by atoms with Crippen LogP contribution >= 0.6 is 0 Å². The number of benzene rings is 1. The van der Waals surface area contributed by atoms with E-state index in [9.17, 15) is 9.90 Å². The molecule has 0 saturated carbocycles. The van der Waals surface area contributed by atoms with Crippen molar-refractivity contribution >= 4 is 6.09 Å². The minimum absolute atomic E-state index is 0.0539. The van der Waals surface area contributed by atoms with E-state index in [0.717, 1.165) is 12.0 Å². The molecule has 0 unspecified atom stereocenters. The average Bonchev–Trinajstić information content (AvgIpc) is 2.45. The zero-order valence-electron chi connectivity index (χ0n) is 11.1. The fourth-order valence-corrected chi connectivity index (χ4v) is 2.24. The molecule has 1 aromatic rings. The van der Waals surface area contributed by atoms with Crippen LogP contribution in [0.25, 0.3) is 0 Å². The summed E-state index contributed by atoms with van der Waals surface area (Å²) in [6.07, 6.45) is -0.168. The lowest BCUT2D eigenvalue weighted by molar-refractivity contribution is 0.0292. The van der Waals surface area contributed by atoms with Crippen LogP contribution in [0.4, 0.5) is 4.79 Å². The molecule has 2 N–H and O–H groups in total. The number of aliphatic hydroxyl groups excluding tert-OH is 1. The van der Waals surface area contributed by atoms with Gasteiger partial charge in [-0.2, -0.15) is 0 Å². The summed E-state index contributed by atoms with van der Waals surface area (Å²) in [5, 5.41) is 12.9. The average molecular weight is 264 g/mol. The van der Waals surface area contributed by atoms with E-state index in [1.165, 1.54) is 0 Å². The van der Waals surface area contributed by atoms with Crippen LogP contribution in [0.2, 0.25) is 0 Å². The molecule has 1 heterocycles. The van der Waals surface area contributed by atoms with Gasteiger partial charge in [0.05, 0.1) is 12.6 Å². The van der Waals surface area contributed by atoms with E-state index in [4.69, 9.17) is 4.74 Å². The molecule has 0 aliphatic carbocycles. The number of carbonyl (C=O) groups excluding carboxylic acids is 1. The van der Waals surface area contributed by atoms with Crippen molar-refractivity contribution in [1.82, 2.24) is 10.2 Å². The molecular formula is C14H20N2O3. The summed E-state index contributed by atoms with van der Waals surface area (Å²) in [5.41, 5.74) is 0.960. The molecule has 1 amide bonds. The Bertz CT molecular complexity index is 410. The molecule has 1 aliphatic rings. The van der Waals surface area contributed by atoms with Gasteiger partial charge in [0.15, 0.2) is 0 Å². The Morgan fingerprint density at radius 2 is 2.21 bits per heavy atom. The van der Waals surface area contributed by atoms with Gasteiger partial charge in [0.2, 0.25) is 0 Å². The summed E-state index contributed by atoms with van der Waals surface area (Å²) in [7, 11) is 1.82. The van der Waals surface area contributed by atoms with Crippen LogP contribution < -0.4 is 5.32 Å². The summed E-state index contributed by atoms with van der Waals surface area (Å²) in [4.78, 5) is 13.4. The molecule has 2 atom stereocenters. The smallest absolute Gasteiger partial charge is 0.410 e. The summed E-state index contributed by atoms with van der Waals surface area (Å²) < 4.78 is 5.24. The van der Waals surface area contributed by atoms with Gasteiger partial charge in [-0.05, 0) is 19.0 Å². The SMILES string of the molecule is CN[C@H]1CCN(C(=O)OCc2ccccc2)C[C@H]1O. The monoisotopic (exact) mass is 264 g/mol. The Kier molecular flexibility index (Phi) is 4.76. The van der Waals surface area contributed by atoms with Gasteiger partial charge in [-0.1, -0.05) is 30.3 Å². The topological polar surface area (TPSA) is 61.8 Å². The van der Waals surface area contributed by atoms with Crippen LogP contribution in [0, 0.1) is 0 Å². The predicted octanol–water partition coefficient (Wildman–Crippen LogP) is 0.978. The van der Waals surface area contributed by atoms with Gasteiger partial charge < -0.3 is 20.1 Å². The van der Waals surface area contributed by atoms with Gasteiger partial charge in [-0.3, -0.25) is 0 Å². The molecule has 2 rings (SSSR count). The summed E-state index contributed by atoms with van der Waals surface area (Å²) in [5.74, 6) is 0. The van der Waals surface area contributed by atoms with Gasteiger partial charge in [0.25, 0.3) is 0 Å². The molecule has 1 aromatic carbocycles. The highest BCUT2D eigenvalue weighted by Crippen LogP contribution is 2.12. The zero-order valence-corrected chi connectivity index (χ0v) is 11.1. The lowest BCUT2D eigenvalue weighted by Crippen LogP contribution is -2.53. The lowest BCUT2D eigenvalue weighted by Gasteiger charge is -2.35.